The summed E-state index contributed by atoms with van der Waals surface area (Å²) in [4.78, 5) is 34.3. The highest BCUT2D eigenvalue weighted by molar-refractivity contribution is 5.94. The highest BCUT2D eigenvalue weighted by Gasteiger charge is 2.34. The quantitative estimate of drug-likeness (QED) is 0.492. The molecule has 1 aromatic carbocycles. The lowest BCUT2D eigenvalue weighted by Gasteiger charge is -2.26. The van der Waals surface area contributed by atoms with Crippen LogP contribution in [0.15, 0.2) is 52.1 Å². The van der Waals surface area contributed by atoms with Crippen molar-refractivity contribution in [3.05, 3.63) is 63.5 Å². The molecule has 0 saturated carbocycles. The van der Waals surface area contributed by atoms with E-state index in [4.69, 9.17) is 9.15 Å². The maximum Gasteiger partial charge on any atom is 0.338 e. The van der Waals surface area contributed by atoms with E-state index in [1.165, 1.54) is 19.2 Å². The lowest BCUT2D eigenvalue weighted by Crippen LogP contribution is -2.45. The molecule has 0 saturated heterocycles. The Balaban J connectivity index is 1.99. The predicted octanol–water partition coefficient (Wildman–Crippen LogP) is 2.66. The number of carbonyl (C=O) groups is 2. The molecule has 0 fully saturated rings. The standard InChI is InChI=1S/C17H15N3O6/c1-9-14(16(21)25-2)15(19-17(22)18-9)13-7-6-12(26-13)10-4-3-5-11(8-10)20(23)24/h3-8,15H,1-2H3,(H2,18,19,22)/t15-/m0/s1. The van der Waals surface area contributed by atoms with Crippen molar-refractivity contribution in [1.82, 2.24) is 10.6 Å². The number of nitro groups is 1. The second-order valence-corrected chi connectivity index (χ2v) is 5.57. The lowest BCUT2D eigenvalue weighted by atomic mass is 10.0. The van der Waals surface area contributed by atoms with Crippen molar-refractivity contribution in [2.24, 2.45) is 0 Å². The first-order chi connectivity index (χ1) is 12.4. The van der Waals surface area contributed by atoms with Crippen LogP contribution in [0.2, 0.25) is 0 Å². The van der Waals surface area contributed by atoms with E-state index in [0.717, 1.165) is 0 Å². The first-order valence-electron chi connectivity index (χ1n) is 7.62. The molecule has 0 unspecified atom stereocenters. The van der Waals surface area contributed by atoms with Gasteiger partial charge in [0.2, 0.25) is 0 Å². The third-order valence-corrected chi connectivity index (χ3v) is 3.93. The molecule has 2 amide bonds. The zero-order valence-corrected chi connectivity index (χ0v) is 13.9. The number of rotatable bonds is 4. The smallest absolute Gasteiger partial charge is 0.338 e. The Kier molecular flexibility index (Phi) is 4.44. The van der Waals surface area contributed by atoms with Crippen LogP contribution in [0.1, 0.15) is 18.7 Å². The molecule has 1 aromatic heterocycles. The Morgan fingerprint density at radius 2 is 2.08 bits per heavy atom. The molecular weight excluding hydrogens is 342 g/mol. The SMILES string of the molecule is COC(=O)C1=C(C)NC(=O)N[C@H]1c1ccc(-c2cccc([N+](=O)[O-])c2)o1. The summed E-state index contributed by atoms with van der Waals surface area (Å²) < 4.78 is 10.5. The second-order valence-electron chi connectivity index (χ2n) is 5.57. The molecule has 9 nitrogen and oxygen atoms in total. The highest BCUT2D eigenvalue weighted by Crippen LogP contribution is 2.32. The second kappa shape index (κ2) is 6.71. The summed E-state index contributed by atoms with van der Waals surface area (Å²) in [5, 5.41) is 16.1. The van der Waals surface area contributed by atoms with Gasteiger partial charge in [-0.25, -0.2) is 9.59 Å². The largest absolute Gasteiger partial charge is 0.466 e. The molecule has 0 aliphatic carbocycles. The number of non-ortho nitro benzene ring substituents is 1. The number of allylic oxidation sites excluding steroid dienone is 1. The number of esters is 1. The first-order valence-corrected chi connectivity index (χ1v) is 7.62. The van der Waals surface area contributed by atoms with Gasteiger partial charge in [0.15, 0.2) is 0 Å². The van der Waals surface area contributed by atoms with Crippen LogP contribution in [0.25, 0.3) is 11.3 Å². The van der Waals surface area contributed by atoms with E-state index in [0.29, 0.717) is 22.8 Å². The van der Waals surface area contributed by atoms with Crippen LogP contribution >= 0.6 is 0 Å². The van der Waals surface area contributed by atoms with Crippen LogP contribution in [0, 0.1) is 10.1 Å². The van der Waals surface area contributed by atoms with Crippen molar-refractivity contribution in [1.29, 1.82) is 0 Å². The van der Waals surface area contributed by atoms with Gasteiger partial charge in [0.05, 0.1) is 17.6 Å². The van der Waals surface area contributed by atoms with Gasteiger partial charge in [0.1, 0.15) is 17.6 Å². The average Bonchev–Trinajstić information content (AvgIpc) is 3.10. The maximum absolute atomic E-state index is 12.1. The Bertz CT molecular complexity index is 930. The fourth-order valence-electron chi connectivity index (χ4n) is 2.72. The maximum atomic E-state index is 12.1. The minimum atomic E-state index is -0.830. The van der Waals surface area contributed by atoms with Crippen LogP contribution in [0.4, 0.5) is 10.5 Å². The average molecular weight is 357 g/mol. The number of nitro benzene ring substituents is 1. The fourth-order valence-corrected chi connectivity index (χ4v) is 2.72. The summed E-state index contributed by atoms with van der Waals surface area (Å²) in [5.74, 6) is 0.0766. The highest BCUT2D eigenvalue weighted by atomic mass is 16.6. The number of urea groups is 1. The molecule has 9 heteroatoms. The number of ether oxygens (including phenoxy) is 1. The number of nitrogens with one attached hydrogen (secondary N) is 2. The van der Waals surface area contributed by atoms with E-state index in [1.54, 1.807) is 31.2 Å². The van der Waals surface area contributed by atoms with E-state index < -0.39 is 23.0 Å². The van der Waals surface area contributed by atoms with Gasteiger partial charge in [-0.2, -0.15) is 0 Å². The lowest BCUT2D eigenvalue weighted by molar-refractivity contribution is -0.384. The molecule has 0 radical (unpaired) electrons. The normalized spacial score (nSPS) is 16.7. The van der Waals surface area contributed by atoms with Crippen molar-refractivity contribution in [3.63, 3.8) is 0 Å². The minimum absolute atomic E-state index is 0.0680. The minimum Gasteiger partial charge on any atom is -0.466 e. The molecule has 1 aliphatic heterocycles. The van der Waals surface area contributed by atoms with Crippen molar-refractivity contribution in [2.45, 2.75) is 13.0 Å². The topological polar surface area (TPSA) is 124 Å². The molecule has 0 bridgehead atoms. The predicted molar refractivity (Wildman–Crippen MR) is 89.9 cm³/mol. The van der Waals surface area contributed by atoms with Gasteiger partial charge in [-0.1, -0.05) is 12.1 Å². The number of hydrogen-bond acceptors (Lipinski definition) is 6. The molecule has 134 valence electrons. The summed E-state index contributed by atoms with van der Waals surface area (Å²) in [6.07, 6.45) is 0. The van der Waals surface area contributed by atoms with Gasteiger partial charge in [-0.15, -0.1) is 0 Å². The van der Waals surface area contributed by atoms with Gasteiger partial charge in [0.25, 0.3) is 5.69 Å². The summed E-state index contributed by atoms with van der Waals surface area (Å²) in [7, 11) is 1.24. The van der Waals surface area contributed by atoms with Gasteiger partial charge in [-0.3, -0.25) is 10.1 Å². The molecule has 1 aliphatic rings. The number of benzene rings is 1. The summed E-state index contributed by atoms with van der Waals surface area (Å²) in [5.41, 5.74) is 1.01. The zero-order chi connectivity index (χ0) is 18.8. The zero-order valence-electron chi connectivity index (χ0n) is 13.9. The summed E-state index contributed by atoms with van der Waals surface area (Å²) in [6, 6.07) is 7.88. The molecule has 2 heterocycles. The van der Waals surface area contributed by atoms with Crippen LogP contribution in [0.3, 0.4) is 0 Å². The number of hydrogen-bond donors (Lipinski definition) is 2. The van der Waals surface area contributed by atoms with Crippen molar-refractivity contribution in [3.8, 4) is 11.3 Å². The Morgan fingerprint density at radius 1 is 1.31 bits per heavy atom. The van der Waals surface area contributed by atoms with E-state index in [-0.39, 0.29) is 11.3 Å². The number of methoxy groups -OCH3 is 1. The molecule has 3 rings (SSSR count). The molecule has 1 atom stereocenters. The Morgan fingerprint density at radius 3 is 2.77 bits per heavy atom. The molecule has 2 aromatic rings. The number of furan rings is 1. The third kappa shape index (κ3) is 3.14. The van der Waals surface area contributed by atoms with Crippen molar-refractivity contribution >= 4 is 17.7 Å². The molecule has 26 heavy (non-hydrogen) atoms. The molecule has 0 spiro atoms. The van der Waals surface area contributed by atoms with E-state index in [9.17, 15) is 19.7 Å². The van der Waals surface area contributed by atoms with Crippen LogP contribution in [0.5, 0.6) is 0 Å². The van der Waals surface area contributed by atoms with Crippen LogP contribution in [-0.2, 0) is 9.53 Å². The van der Waals surface area contributed by atoms with Gasteiger partial charge >= 0.3 is 12.0 Å². The fraction of sp³-hybridized carbons (Fsp3) is 0.176. The monoisotopic (exact) mass is 357 g/mol. The van der Waals surface area contributed by atoms with E-state index >= 15 is 0 Å². The van der Waals surface area contributed by atoms with E-state index in [2.05, 4.69) is 10.6 Å². The first kappa shape index (κ1) is 17.2. The van der Waals surface area contributed by atoms with Gasteiger partial charge in [-0.05, 0) is 19.1 Å². The van der Waals surface area contributed by atoms with E-state index in [1.807, 2.05) is 0 Å². The van der Waals surface area contributed by atoms with Crippen LogP contribution < -0.4 is 10.6 Å². The van der Waals surface area contributed by atoms with Gasteiger partial charge in [0, 0.05) is 23.4 Å². The number of nitrogens with zero attached hydrogens (tertiary/aromatic N) is 1. The molecule has 2 N–H and O–H groups in total. The summed E-state index contributed by atoms with van der Waals surface area (Å²) in [6.45, 7) is 1.59. The number of carbonyl (C=O) groups excluding carboxylic acids is 2. The number of amides is 2. The Labute approximate surface area is 147 Å². The van der Waals surface area contributed by atoms with Gasteiger partial charge < -0.3 is 19.8 Å². The van der Waals surface area contributed by atoms with Crippen molar-refractivity contribution < 1.29 is 23.7 Å². The molecular formula is C17H15N3O6. The third-order valence-electron chi connectivity index (χ3n) is 3.93. The van der Waals surface area contributed by atoms with Crippen LogP contribution in [-0.4, -0.2) is 24.0 Å². The summed E-state index contributed by atoms with van der Waals surface area (Å²) >= 11 is 0. The Hall–Kier alpha value is -3.62. The van der Waals surface area contributed by atoms with Crippen molar-refractivity contribution in [2.75, 3.05) is 7.11 Å².